The number of rotatable bonds is 2. The number of aromatic carboxylic acids is 1. The summed E-state index contributed by atoms with van der Waals surface area (Å²) in [6.07, 6.45) is 1.65. The van der Waals surface area contributed by atoms with Crippen LogP contribution in [0.2, 0.25) is 0 Å². The fourth-order valence-corrected chi connectivity index (χ4v) is 2.10. The van der Waals surface area contributed by atoms with Gasteiger partial charge < -0.3 is 5.11 Å². The average Bonchev–Trinajstić information content (AvgIpc) is 2.47. The van der Waals surface area contributed by atoms with Gasteiger partial charge in [0.25, 0.3) is 0 Å². The average molecular weight is 267 g/mol. The largest absolute Gasteiger partial charge is 0.478 e. The molecule has 0 fully saturated rings. The Hall–Kier alpha value is -2.75. The van der Waals surface area contributed by atoms with Gasteiger partial charge in [0.15, 0.2) is 0 Å². The van der Waals surface area contributed by atoms with E-state index in [1.165, 1.54) is 6.07 Å². The molecule has 0 saturated carbocycles. The number of pyridine rings is 1. The summed E-state index contributed by atoms with van der Waals surface area (Å²) in [5.74, 6) is -2.02. The van der Waals surface area contributed by atoms with Crippen LogP contribution in [0.5, 0.6) is 0 Å². The molecule has 1 aromatic heterocycles. The van der Waals surface area contributed by atoms with E-state index in [4.69, 9.17) is 5.11 Å². The van der Waals surface area contributed by atoms with Gasteiger partial charge in [0, 0.05) is 17.1 Å². The van der Waals surface area contributed by atoms with Crippen LogP contribution in [0.1, 0.15) is 10.4 Å². The molecule has 0 aliphatic carbocycles. The second-order valence-corrected chi connectivity index (χ2v) is 4.42. The highest BCUT2D eigenvalue weighted by atomic mass is 19.1. The van der Waals surface area contributed by atoms with Crippen molar-refractivity contribution in [3.05, 3.63) is 66.1 Å². The molecule has 4 heteroatoms. The number of aromatic nitrogens is 1. The van der Waals surface area contributed by atoms with Crippen LogP contribution in [0.3, 0.4) is 0 Å². The Morgan fingerprint density at radius 1 is 1.05 bits per heavy atom. The molecule has 0 spiro atoms. The number of nitrogens with zero attached hydrogens (tertiary/aromatic N) is 1. The summed E-state index contributed by atoms with van der Waals surface area (Å²) in [5, 5.41) is 9.90. The van der Waals surface area contributed by atoms with Crippen molar-refractivity contribution in [1.82, 2.24) is 4.98 Å². The number of halogens is 1. The van der Waals surface area contributed by atoms with Gasteiger partial charge in [-0.25, -0.2) is 9.18 Å². The lowest BCUT2D eigenvalue weighted by molar-refractivity contribution is 0.0692. The number of benzene rings is 2. The molecule has 1 heterocycles. The number of carboxylic acids is 1. The lowest BCUT2D eigenvalue weighted by atomic mass is 10.0. The van der Waals surface area contributed by atoms with Gasteiger partial charge in [-0.1, -0.05) is 24.3 Å². The highest BCUT2D eigenvalue weighted by molar-refractivity contribution is 5.90. The van der Waals surface area contributed by atoms with Crippen LogP contribution in [0.25, 0.3) is 22.0 Å². The molecule has 3 nitrogen and oxygen atoms in total. The predicted molar refractivity (Wildman–Crippen MR) is 74.1 cm³/mol. The van der Waals surface area contributed by atoms with Gasteiger partial charge in [-0.2, -0.15) is 0 Å². The van der Waals surface area contributed by atoms with Crippen LogP contribution in [0.15, 0.2) is 54.7 Å². The molecular weight excluding hydrogens is 257 g/mol. The first-order valence-corrected chi connectivity index (χ1v) is 6.03. The first kappa shape index (κ1) is 12.3. The maximum absolute atomic E-state index is 13.4. The third-order valence-corrected chi connectivity index (χ3v) is 3.12. The fraction of sp³-hybridized carbons (Fsp3) is 0. The third kappa shape index (κ3) is 2.12. The summed E-state index contributed by atoms with van der Waals surface area (Å²) in [4.78, 5) is 15.3. The van der Waals surface area contributed by atoms with E-state index in [1.54, 1.807) is 12.3 Å². The van der Waals surface area contributed by atoms with E-state index >= 15 is 0 Å². The molecule has 0 aliphatic heterocycles. The number of hydrogen-bond acceptors (Lipinski definition) is 2. The zero-order valence-corrected chi connectivity index (χ0v) is 10.4. The molecule has 0 radical (unpaired) electrons. The topological polar surface area (TPSA) is 50.2 Å². The zero-order chi connectivity index (χ0) is 14.1. The molecule has 2 aromatic carbocycles. The third-order valence-electron chi connectivity index (χ3n) is 3.12. The van der Waals surface area contributed by atoms with Gasteiger partial charge in [-0.15, -0.1) is 0 Å². The molecule has 3 rings (SSSR count). The molecule has 0 amide bonds. The summed E-state index contributed by atoms with van der Waals surface area (Å²) in [6.45, 7) is 0. The second kappa shape index (κ2) is 4.74. The summed E-state index contributed by atoms with van der Waals surface area (Å²) in [7, 11) is 0. The number of carboxylic acid groups (broad SMARTS) is 1. The Kier molecular flexibility index (Phi) is 2.91. The van der Waals surface area contributed by atoms with Crippen molar-refractivity contribution >= 4 is 16.9 Å². The minimum atomic E-state index is -1.28. The molecule has 1 N–H and O–H groups in total. The standard InChI is InChI=1S/C16H10FNO2/c17-14-6-5-10(8-13(14)16(19)20)12-7-11-3-1-2-4-15(11)18-9-12/h1-9H,(H,19,20). The molecule has 20 heavy (non-hydrogen) atoms. The number of carbonyl (C=O) groups is 1. The molecule has 0 aliphatic rings. The van der Waals surface area contributed by atoms with Crippen LogP contribution in [0.4, 0.5) is 4.39 Å². The van der Waals surface area contributed by atoms with Gasteiger partial charge >= 0.3 is 5.97 Å². The van der Waals surface area contributed by atoms with Crippen LogP contribution in [-0.2, 0) is 0 Å². The fourth-order valence-electron chi connectivity index (χ4n) is 2.10. The molecule has 98 valence electrons. The Bertz CT molecular complexity index is 814. The minimum absolute atomic E-state index is 0.337. The highest BCUT2D eigenvalue weighted by Crippen LogP contribution is 2.24. The quantitative estimate of drug-likeness (QED) is 0.769. The van der Waals surface area contributed by atoms with E-state index in [0.29, 0.717) is 5.56 Å². The van der Waals surface area contributed by atoms with Gasteiger partial charge in [-0.3, -0.25) is 4.98 Å². The van der Waals surface area contributed by atoms with Gasteiger partial charge in [0.2, 0.25) is 0 Å². The van der Waals surface area contributed by atoms with Gasteiger partial charge in [-0.05, 0) is 29.8 Å². The molecule has 3 aromatic rings. The first-order chi connectivity index (χ1) is 9.65. The lowest BCUT2D eigenvalue weighted by Gasteiger charge is -2.05. The van der Waals surface area contributed by atoms with Crippen LogP contribution in [0, 0.1) is 5.82 Å². The SMILES string of the molecule is O=C(O)c1cc(-c2cnc3ccccc3c2)ccc1F. The first-order valence-electron chi connectivity index (χ1n) is 6.03. The van der Waals surface area contributed by atoms with Crippen molar-refractivity contribution in [3.8, 4) is 11.1 Å². The van der Waals surface area contributed by atoms with E-state index in [2.05, 4.69) is 4.98 Å². The lowest BCUT2D eigenvalue weighted by Crippen LogP contribution is -2.00. The zero-order valence-electron chi connectivity index (χ0n) is 10.4. The van der Waals surface area contributed by atoms with E-state index in [0.717, 1.165) is 22.5 Å². The Balaban J connectivity index is 2.15. The predicted octanol–water partition coefficient (Wildman–Crippen LogP) is 3.74. The Morgan fingerprint density at radius 2 is 1.85 bits per heavy atom. The monoisotopic (exact) mass is 267 g/mol. The molecular formula is C16H10FNO2. The van der Waals surface area contributed by atoms with Gasteiger partial charge in [0.1, 0.15) is 5.82 Å². The van der Waals surface area contributed by atoms with Crippen LogP contribution >= 0.6 is 0 Å². The van der Waals surface area contributed by atoms with E-state index in [1.807, 2.05) is 30.3 Å². The van der Waals surface area contributed by atoms with Crippen molar-refractivity contribution in [2.45, 2.75) is 0 Å². The number of hydrogen-bond donors (Lipinski definition) is 1. The van der Waals surface area contributed by atoms with Gasteiger partial charge in [0.05, 0.1) is 11.1 Å². The maximum atomic E-state index is 13.4. The summed E-state index contributed by atoms with van der Waals surface area (Å²) in [5.41, 5.74) is 1.90. The summed E-state index contributed by atoms with van der Waals surface area (Å²) in [6, 6.07) is 13.6. The van der Waals surface area contributed by atoms with Crippen molar-refractivity contribution in [3.63, 3.8) is 0 Å². The molecule has 0 saturated heterocycles. The van der Waals surface area contributed by atoms with Crippen LogP contribution < -0.4 is 0 Å². The highest BCUT2D eigenvalue weighted by Gasteiger charge is 2.11. The number of fused-ring (bicyclic) bond motifs is 1. The van der Waals surface area contributed by atoms with E-state index < -0.39 is 11.8 Å². The normalized spacial score (nSPS) is 10.7. The maximum Gasteiger partial charge on any atom is 0.338 e. The summed E-state index contributed by atoms with van der Waals surface area (Å²) >= 11 is 0. The van der Waals surface area contributed by atoms with E-state index in [9.17, 15) is 9.18 Å². The van der Waals surface area contributed by atoms with Crippen molar-refractivity contribution < 1.29 is 14.3 Å². The molecule has 0 atom stereocenters. The van der Waals surface area contributed by atoms with Crippen molar-refractivity contribution in [2.75, 3.05) is 0 Å². The van der Waals surface area contributed by atoms with Crippen molar-refractivity contribution in [2.24, 2.45) is 0 Å². The Morgan fingerprint density at radius 3 is 2.65 bits per heavy atom. The smallest absolute Gasteiger partial charge is 0.338 e. The van der Waals surface area contributed by atoms with E-state index in [-0.39, 0.29) is 5.56 Å². The minimum Gasteiger partial charge on any atom is -0.478 e. The molecule has 0 bridgehead atoms. The van der Waals surface area contributed by atoms with Crippen molar-refractivity contribution in [1.29, 1.82) is 0 Å². The van der Waals surface area contributed by atoms with Crippen LogP contribution in [-0.4, -0.2) is 16.1 Å². The second-order valence-electron chi connectivity index (χ2n) is 4.42. The number of para-hydroxylation sites is 1. The molecule has 0 unspecified atom stereocenters. The Labute approximate surface area is 114 Å². The summed E-state index contributed by atoms with van der Waals surface area (Å²) < 4.78 is 13.4.